The van der Waals surface area contributed by atoms with Gasteiger partial charge in [0.1, 0.15) is 12.4 Å². The number of carbonyl (C=O) groups is 1. The molecule has 0 radical (unpaired) electrons. The first kappa shape index (κ1) is 13.5. The number of hydroxylamine groups is 1. The van der Waals surface area contributed by atoms with Gasteiger partial charge in [-0.3, -0.25) is 9.63 Å². The van der Waals surface area contributed by atoms with Gasteiger partial charge in [0.2, 0.25) is 5.91 Å². The zero-order valence-electron chi connectivity index (χ0n) is 9.92. The van der Waals surface area contributed by atoms with Crippen LogP contribution >= 0.6 is 15.9 Å². The summed E-state index contributed by atoms with van der Waals surface area (Å²) in [7, 11) is 0. The molecule has 3 nitrogen and oxygen atoms in total. The Kier molecular flexibility index (Phi) is 4.72. The van der Waals surface area contributed by atoms with Gasteiger partial charge in [-0.15, -0.1) is 0 Å². The Morgan fingerprint density at radius 2 is 2.17 bits per heavy atom. The summed E-state index contributed by atoms with van der Waals surface area (Å²) in [4.78, 5) is 16.8. The van der Waals surface area contributed by atoms with E-state index in [0.717, 1.165) is 30.2 Å². The molecule has 0 atom stereocenters. The Balaban J connectivity index is 1.81. The molecule has 0 heterocycles. The molecule has 1 aromatic rings. The van der Waals surface area contributed by atoms with Crippen LogP contribution in [0.1, 0.15) is 31.2 Å². The zero-order valence-corrected chi connectivity index (χ0v) is 11.5. The number of hydrogen-bond acceptors (Lipinski definition) is 2. The first-order valence-electron chi connectivity index (χ1n) is 6.02. The molecule has 1 N–H and O–H groups in total. The van der Waals surface area contributed by atoms with Gasteiger partial charge in [0.25, 0.3) is 0 Å². The molecule has 1 saturated carbocycles. The minimum absolute atomic E-state index is 0.0694. The largest absolute Gasteiger partial charge is 0.273 e. The average molecular weight is 316 g/mol. The maximum Gasteiger partial charge on any atom is 0.246 e. The third-order valence-corrected chi connectivity index (χ3v) is 3.91. The molecule has 0 saturated heterocycles. The van der Waals surface area contributed by atoms with Gasteiger partial charge in [0.15, 0.2) is 0 Å². The number of nitrogens with one attached hydrogen (secondary N) is 1. The fourth-order valence-electron chi connectivity index (χ4n) is 2.11. The zero-order chi connectivity index (χ0) is 13.0. The van der Waals surface area contributed by atoms with Crippen molar-refractivity contribution in [1.82, 2.24) is 5.48 Å². The van der Waals surface area contributed by atoms with Crippen LogP contribution in [-0.2, 0) is 16.2 Å². The standard InChI is InChI=1S/C13H15BrFNO2/c14-12-6-5-11(15)7-10(12)8-18-16-13(17)9-3-1-2-4-9/h5-7,9H,1-4,8H2,(H,16,17). The molecular formula is C13H15BrFNO2. The molecule has 0 aliphatic heterocycles. The second-order valence-electron chi connectivity index (χ2n) is 4.47. The summed E-state index contributed by atoms with van der Waals surface area (Å²) >= 11 is 3.30. The quantitative estimate of drug-likeness (QED) is 0.865. The monoisotopic (exact) mass is 315 g/mol. The third-order valence-electron chi connectivity index (χ3n) is 3.13. The SMILES string of the molecule is O=C(NOCc1cc(F)ccc1Br)C1CCCC1. The second kappa shape index (κ2) is 6.29. The molecule has 1 aromatic carbocycles. The average Bonchev–Trinajstić information content (AvgIpc) is 2.87. The first-order valence-corrected chi connectivity index (χ1v) is 6.81. The fraction of sp³-hybridized carbons (Fsp3) is 0.462. The molecule has 98 valence electrons. The van der Waals surface area contributed by atoms with E-state index in [9.17, 15) is 9.18 Å². The summed E-state index contributed by atoms with van der Waals surface area (Å²) in [5.41, 5.74) is 3.11. The van der Waals surface area contributed by atoms with Gasteiger partial charge in [-0.05, 0) is 36.6 Å². The Morgan fingerprint density at radius 1 is 1.44 bits per heavy atom. The highest BCUT2D eigenvalue weighted by Gasteiger charge is 2.22. The van der Waals surface area contributed by atoms with Crippen LogP contribution in [0.5, 0.6) is 0 Å². The summed E-state index contributed by atoms with van der Waals surface area (Å²) < 4.78 is 13.8. The van der Waals surface area contributed by atoms with Crippen LogP contribution in [-0.4, -0.2) is 5.91 Å². The van der Waals surface area contributed by atoms with Crippen LogP contribution in [0.15, 0.2) is 22.7 Å². The smallest absolute Gasteiger partial charge is 0.246 e. The molecule has 0 unspecified atom stereocenters. The lowest BCUT2D eigenvalue weighted by Gasteiger charge is -2.11. The van der Waals surface area contributed by atoms with Crippen molar-refractivity contribution in [2.75, 3.05) is 0 Å². The van der Waals surface area contributed by atoms with Crippen LogP contribution < -0.4 is 5.48 Å². The van der Waals surface area contributed by atoms with Gasteiger partial charge in [-0.25, -0.2) is 9.87 Å². The Bertz CT molecular complexity index is 433. The van der Waals surface area contributed by atoms with Crippen molar-refractivity contribution in [3.05, 3.63) is 34.1 Å². The lowest BCUT2D eigenvalue weighted by Crippen LogP contribution is -2.29. The lowest BCUT2D eigenvalue weighted by atomic mass is 10.1. The van der Waals surface area contributed by atoms with E-state index in [4.69, 9.17) is 4.84 Å². The van der Waals surface area contributed by atoms with Gasteiger partial charge >= 0.3 is 0 Å². The Labute approximate surface area is 114 Å². The van der Waals surface area contributed by atoms with Crippen molar-refractivity contribution in [3.8, 4) is 0 Å². The van der Waals surface area contributed by atoms with E-state index in [1.807, 2.05) is 0 Å². The molecule has 1 amide bonds. The normalized spacial score (nSPS) is 15.9. The molecule has 0 aromatic heterocycles. The lowest BCUT2D eigenvalue weighted by molar-refractivity contribution is -0.138. The summed E-state index contributed by atoms with van der Waals surface area (Å²) in [5.74, 6) is -0.320. The van der Waals surface area contributed by atoms with Gasteiger partial charge in [-0.1, -0.05) is 28.8 Å². The number of rotatable bonds is 4. The molecule has 5 heteroatoms. The van der Waals surface area contributed by atoms with Gasteiger partial charge in [0, 0.05) is 10.4 Å². The van der Waals surface area contributed by atoms with E-state index in [1.54, 1.807) is 6.07 Å². The highest BCUT2D eigenvalue weighted by molar-refractivity contribution is 9.10. The molecule has 0 spiro atoms. The van der Waals surface area contributed by atoms with Crippen LogP contribution in [0.4, 0.5) is 4.39 Å². The van der Waals surface area contributed by atoms with E-state index >= 15 is 0 Å². The number of carbonyl (C=O) groups excluding carboxylic acids is 1. The second-order valence-corrected chi connectivity index (χ2v) is 5.33. The van der Waals surface area contributed by atoms with Crippen molar-refractivity contribution in [3.63, 3.8) is 0 Å². The Hall–Kier alpha value is -0.940. The van der Waals surface area contributed by atoms with Crippen molar-refractivity contribution >= 4 is 21.8 Å². The van der Waals surface area contributed by atoms with Crippen LogP contribution in [0, 0.1) is 11.7 Å². The summed E-state index contributed by atoms with van der Waals surface area (Å²) in [6.07, 6.45) is 4.07. The highest BCUT2D eigenvalue weighted by Crippen LogP contribution is 2.24. The molecule has 1 aliphatic carbocycles. The molecule has 1 aliphatic rings. The maximum atomic E-state index is 13.0. The van der Waals surface area contributed by atoms with Gasteiger partial charge in [0.05, 0.1) is 0 Å². The summed E-state index contributed by atoms with van der Waals surface area (Å²) in [5, 5.41) is 0. The van der Waals surface area contributed by atoms with Crippen LogP contribution in [0.25, 0.3) is 0 Å². The van der Waals surface area contributed by atoms with E-state index in [1.165, 1.54) is 12.1 Å². The number of amides is 1. The minimum Gasteiger partial charge on any atom is -0.273 e. The van der Waals surface area contributed by atoms with E-state index in [-0.39, 0.29) is 24.2 Å². The minimum atomic E-state index is -0.320. The van der Waals surface area contributed by atoms with E-state index < -0.39 is 0 Å². The van der Waals surface area contributed by atoms with Crippen molar-refractivity contribution in [2.24, 2.45) is 5.92 Å². The molecule has 18 heavy (non-hydrogen) atoms. The predicted molar refractivity (Wildman–Crippen MR) is 69.0 cm³/mol. The fourth-order valence-corrected chi connectivity index (χ4v) is 2.47. The Morgan fingerprint density at radius 3 is 2.89 bits per heavy atom. The van der Waals surface area contributed by atoms with Crippen LogP contribution in [0.3, 0.4) is 0 Å². The maximum absolute atomic E-state index is 13.0. The van der Waals surface area contributed by atoms with Crippen molar-refractivity contribution < 1.29 is 14.0 Å². The highest BCUT2D eigenvalue weighted by atomic mass is 79.9. The van der Waals surface area contributed by atoms with E-state index in [0.29, 0.717) is 5.56 Å². The molecule has 2 rings (SSSR count). The van der Waals surface area contributed by atoms with Crippen LogP contribution in [0.2, 0.25) is 0 Å². The predicted octanol–water partition coefficient (Wildman–Crippen LogP) is 3.33. The summed E-state index contributed by atoms with van der Waals surface area (Å²) in [6.45, 7) is 0.150. The van der Waals surface area contributed by atoms with Gasteiger partial charge < -0.3 is 0 Å². The first-order chi connectivity index (χ1) is 8.66. The number of halogens is 2. The van der Waals surface area contributed by atoms with Gasteiger partial charge in [-0.2, -0.15) is 0 Å². The number of benzene rings is 1. The van der Waals surface area contributed by atoms with E-state index in [2.05, 4.69) is 21.4 Å². The third kappa shape index (κ3) is 3.53. The molecule has 0 bridgehead atoms. The molecular weight excluding hydrogens is 301 g/mol. The van der Waals surface area contributed by atoms with Crippen molar-refractivity contribution in [2.45, 2.75) is 32.3 Å². The van der Waals surface area contributed by atoms with Crippen molar-refractivity contribution in [1.29, 1.82) is 0 Å². The summed E-state index contributed by atoms with van der Waals surface area (Å²) in [6, 6.07) is 4.36. The number of hydrogen-bond donors (Lipinski definition) is 1. The topological polar surface area (TPSA) is 38.3 Å². The molecule has 1 fully saturated rings.